The number of aromatic nitrogens is 2. The van der Waals surface area contributed by atoms with Crippen molar-refractivity contribution in [3.8, 4) is 11.4 Å². The fourth-order valence-corrected chi connectivity index (χ4v) is 7.52. The Morgan fingerprint density at radius 2 is 1.79 bits per heavy atom. The Labute approximate surface area is 255 Å². The Balaban J connectivity index is 1.09. The van der Waals surface area contributed by atoms with E-state index in [1.54, 1.807) is 35.4 Å². The van der Waals surface area contributed by atoms with Gasteiger partial charge in [-0.05, 0) is 49.1 Å². The third-order valence-corrected chi connectivity index (χ3v) is 9.95. The first-order valence-corrected chi connectivity index (χ1v) is 16.1. The van der Waals surface area contributed by atoms with Crippen molar-refractivity contribution in [3.05, 3.63) is 81.8 Å². The highest BCUT2D eigenvalue weighted by Crippen LogP contribution is 2.35. The molecule has 10 heteroatoms. The van der Waals surface area contributed by atoms with E-state index in [2.05, 4.69) is 4.90 Å². The largest absolute Gasteiger partial charge is 0.479 e. The minimum Gasteiger partial charge on any atom is -0.479 e. The summed E-state index contributed by atoms with van der Waals surface area (Å²) < 4.78 is 7.30. The lowest BCUT2D eigenvalue weighted by Crippen LogP contribution is -2.55. The van der Waals surface area contributed by atoms with E-state index >= 15 is 0 Å². The van der Waals surface area contributed by atoms with Gasteiger partial charge in [0.2, 0.25) is 5.91 Å². The zero-order chi connectivity index (χ0) is 29.9. The molecule has 1 unspecified atom stereocenters. The lowest BCUT2D eigenvalue weighted by molar-refractivity contribution is -0.145. The number of nitrogens with zero attached hydrogens (tertiary/aromatic N) is 4. The third-order valence-electron chi connectivity index (χ3n) is 8.66. The van der Waals surface area contributed by atoms with Crippen LogP contribution >= 0.6 is 11.8 Å². The minimum atomic E-state index is -0.971. The zero-order valence-electron chi connectivity index (χ0n) is 24.5. The van der Waals surface area contributed by atoms with E-state index < -0.39 is 12.1 Å². The molecule has 6 rings (SSSR count). The van der Waals surface area contributed by atoms with Crippen LogP contribution in [0.25, 0.3) is 5.69 Å². The number of rotatable bonds is 10. The standard InChI is InChI=1S/C33H38N4O5S/c1-2-29(32(40)41)42-25-14-12-22(13-15-25)18-35-19-23(20-35)30(38)36-17-16-28-27(21-36)31(39)37(24-8-4-3-5-9-24)33(34-28)43-26-10-6-7-11-26/h3-5,8-9,12-15,23,26,29H,2,6-7,10-11,16-21H2,1H3,(H,40,41). The van der Waals surface area contributed by atoms with Gasteiger partial charge in [-0.25, -0.2) is 9.78 Å². The van der Waals surface area contributed by atoms with Crippen molar-refractivity contribution in [2.24, 2.45) is 5.92 Å². The molecule has 1 aliphatic carbocycles. The number of aliphatic carboxylic acids is 1. The first-order chi connectivity index (χ1) is 20.9. The molecule has 226 valence electrons. The average Bonchev–Trinajstić information content (AvgIpc) is 3.51. The van der Waals surface area contributed by atoms with Crippen LogP contribution in [0.3, 0.4) is 0 Å². The Hall–Kier alpha value is -3.63. The molecule has 1 N–H and O–H groups in total. The highest BCUT2D eigenvalue weighted by molar-refractivity contribution is 7.99. The highest BCUT2D eigenvalue weighted by Gasteiger charge is 2.37. The molecule has 0 bridgehead atoms. The van der Waals surface area contributed by atoms with Gasteiger partial charge in [0.15, 0.2) is 11.3 Å². The number of carboxylic acid groups (broad SMARTS) is 1. The molecule has 9 nitrogen and oxygen atoms in total. The average molecular weight is 603 g/mol. The lowest BCUT2D eigenvalue weighted by atomic mass is 9.96. The summed E-state index contributed by atoms with van der Waals surface area (Å²) in [4.78, 5) is 47.7. The zero-order valence-corrected chi connectivity index (χ0v) is 25.3. The van der Waals surface area contributed by atoms with Gasteiger partial charge in [0.1, 0.15) is 5.75 Å². The molecule has 3 aromatic rings. The molecule has 2 aromatic carbocycles. The first kappa shape index (κ1) is 29.4. The Kier molecular flexibility index (Phi) is 8.85. The van der Waals surface area contributed by atoms with E-state index in [1.807, 2.05) is 47.4 Å². The van der Waals surface area contributed by atoms with Gasteiger partial charge in [0.25, 0.3) is 5.56 Å². The third kappa shape index (κ3) is 6.50. The fourth-order valence-electron chi connectivity index (χ4n) is 6.20. The summed E-state index contributed by atoms with van der Waals surface area (Å²) in [5, 5.41) is 10.5. The van der Waals surface area contributed by atoms with Crippen LogP contribution in [0, 0.1) is 5.92 Å². The van der Waals surface area contributed by atoms with Crippen LogP contribution in [-0.4, -0.2) is 67.3 Å². The quantitative estimate of drug-likeness (QED) is 0.338. The van der Waals surface area contributed by atoms with Gasteiger partial charge < -0.3 is 14.7 Å². The van der Waals surface area contributed by atoms with Gasteiger partial charge in [0.05, 0.1) is 29.4 Å². The summed E-state index contributed by atoms with van der Waals surface area (Å²) >= 11 is 1.73. The van der Waals surface area contributed by atoms with E-state index in [0.29, 0.717) is 62.1 Å². The molecule has 3 aliphatic rings. The van der Waals surface area contributed by atoms with Crippen LogP contribution in [0.5, 0.6) is 5.75 Å². The number of ether oxygens (including phenoxy) is 1. The summed E-state index contributed by atoms with van der Waals surface area (Å²) in [5.74, 6) is -0.432. The molecule has 43 heavy (non-hydrogen) atoms. The van der Waals surface area contributed by atoms with Crippen LogP contribution in [0.15, 0.2) is 64.5 Å². The van der Waals surface area contributed by atoms with Gasteiger partial charge in [0, 0.05) is 37.8 Å². The molecular formula is C33H38N4O5S. The fraction of sp³-hybridized carbons (Fsp3) is 0.455. The number of carbonyl (C=O) groups excluding carboxylic acids is 1. The van der Waals surface area contributed by atoms with Crippen molar-refractivity contribution in [1.29, 1.82) is 0 Å². The van der Waals surface area contributed by atoms with E-state index in [-0.39, 0.29) is 17.4 Å². The molecule has 1 saturated carbocycles. The summed E-state index contributed by atoms with van der Waals surface area (Å²) in [7, 11) is 0. The second-order valence-corrected chi connectivity index (χ2v) is 13.0. The molecule has 2 fully saturated rings. The Morgan fingerprint density at radius 1 is 1.07 bits per heavy atom. The summed E-state index contributed by atoms with van der Waals surface area (Å²) in [5.41, 5.74) is 3.29. The van der Waals surface area contributed by atoms with Crippen molar-refractivity contribution in [1.82, 2.24) is 19.4 Å². The van der Waals surface area contributed by atoms with E-state index in [0.717, 1.165) is 34.9 Å². The molecule has 1 saturated heterocycles. The lowest BCUT2D eigenvalue weighted by Gasteiger charge is -2.41. The summed E-state index contributed by atoms with van der Waals surface area (Å²) in [6, 6.07) is 17.2. The van der Waals surface area contributed by atoms with Crippen LogP contribution in [-0.2, 0) is 29.1 Å². The van der Waals surface area contributed by atoms with Gasteiger partial charge >= 0.3 is 5.97 Å². The number of carbonyl (C=O) groups is 2. The molecule has 1 atom stereocenters. The highest BCUT2D eigenvalue weighted by atomic mass is 32.2. The molecule has 3 heterocycles. The van der Waals surface area contributed by atoms with Gasteiger partial charge in [-0.1, -0.05) is 61.9 Å². The molecule has 0 radical (unpaired) electrons. The number of thioether (sulfide) groups is 1. The van der Waals surface area contributed by atoms with Crippen molar-refractivity contribution >= 4 is 23.6 Å². The topological polar surface area (TPSA) is 105 Å². The number of hydrogen-bond donors (Lipinski definition) is 1. The number of benzene rings is 2. The number of amides is 1. The van der Waals surface area contributed by atoms with Crippen molar-refractivity contribution in [3.63, 3.8) is 0 Å². The predicted molar refractivity (Wildman–Crippen MR) is 165 cm³/mol. The van der Waals surface area contributed by atoms with Crippen LogP contribution in [0.4, 0.5) is 0 Å². The maximum Gasteiger partial charge on any atom is 0.344 e. The first-order valence-electron chi connectivity index (χ1n) is 15.3. The predicted octanol–water partition coefficient (Wildman–Crippen LogP) is 4.53. The normalized spacial score (nSPS) is 18.2. The smallest absolute Gasteiger partial charge is 0.344 e. The van der Waals surface area contributed by atoms with Gasteiger partial charge in [-0.2, -0.15) is 0 Å². The summed E-state index contributed by atoms with van der Waals surface area (Å²) in [6.07, 6.45) is 4.88. The van der Waals surface area contributed by atoms with Crippen molar-refractivity contribution in [2.75, 3.05) is 19.6 Å². The Bertz CT molecular complexity index is 1510. The van der Waals surface area contributed by atoms with Crippen molar-refractivity contribution in [2.45, 2.75) is 75.0 Å². The van der Waals surface area contributed by atoms with Crippen LogP contribution < -0.4 is 10.3 Å². The number of likely N-dealkylation sites (tertiary alicyclic amines) is 1. The molecule has 0 spiro atoms. The van der Waals surface area contributed by atoms with Gasteiger partial charge in [-0.15, -0.1) is 0 Å². The van der Waals surface area contributed by atoms with E-state index in [9.17, 15) is 19.5 Å². The number of hydrogen-bond acceptors (Lipinski definition) is 7. The maximum absolute atomic E-state index is 13.9. The molecule has 1 amide bonds. The number of carboxylic acids is 1. The monoisotopic (exact) mass is 602 g/mol. The number of para-hydroxylation sites is 1. The second-order valence-electron chi connectivity index (χ2n) is 11.7. The van der Waals surface area contributed by atoms with Gasteiger partial charge in [-0.3, -0.25) is 19.1 Å². The Morgan fingerprint density at radius 3 is 2.47 bits per heavy atom. The van der Waals surface area contributed by atoms with E-state index in [4.69, 9.17) is 9.72 Å². The van der Waals surface area contributed by atoms with Crippen LogP contribution in [0.1, 0.15) is 55.8 Å². The minimum absolute atomic E-state index is 0.0644. The van der Waals surface area contributed by atoms with E-state index in [1.165, 1.54) is 12.8 Å². The number of fused-ring (bicyclic) bond motifs is 1. The molecular weight excluding hydrogens is 564 g/mol. The molecule has 1 aromatic heterocycles. The second kappa shape index (κ2) is 12.9. The van der Waals surface area contributed by atoms with Crippen molar-refractivity contribution < 1.29 is 19.4 Å². The van der Waals surface area contributed by atoms with Crippen LogP contribution in [0.2, 0.25) is 0 Å². The summed E-state index contributed by atoms with van der Waals surface area (Å²) in [6.45, 7) is 4.70. The SMILES string of the molecule is CCC(Oc1ccc(CN2CC(C(=O)N3CCc4nc(SC5CCCC5)n(-c5ccccc5)c(=O)c4C3)C2)cc1)C(=O)O. The molecule has 2 aliphatic heterocycles. The maximum atomic E-state index is 13.9.